The van der Waals surface area contributed by atoms with Crippen molar-refractivity contribution in [2.24, 2.45) is 5.92 Å². The van der Waals surface area contributed by atoms with Crippen molar-refractivity contribution in [2.45, 2.75) is 58.0 Å². The average Bonchev–Trinajstić information content (AvgIpc) is 3.10. The molecule has 7 heteroatoms. The largest absolute Gasteiger partial charge is 0.480 e. The van der Waals surface area contributed by atoms with Gasteiger partial charge >= 0.3 is 12.1 Å². The van der Waals surface area contributed by atoms with Crippen LogP contribution in [-0.4, -0.2) is 41.8 Å². The van der Waals surface area contributed by atoms with Crippen LogP contribution in [-0.2, 0) is 14.3 Å². The first-order valence-electron chi connectivity index (χ1n) is 11.5. The molecule has 2 aromatic rings. The second kappa shape index (κ2) is 11.0. The molecule has 1 aliphatic rings. The molecule has 3 rings (SSSR count). The Morgan fingerprint density at radius 1 is 0.939 bits per heavy atom. The van der Waals surface area contributed by atoms with E-state index in [2.05, 4.69) is 22.8 Å². The Kier molecular flexibility index (Phi) is 8.09. The highest BCUT2D eigenvalue weighted by Gasteiger charge is 2.30. The van der Waals surface area contributed by atoms with Gasteiger partial charge in [-0.15, -0.1) is 0 Å². The predicted molar refractivity (Wildman–Crippen MR) is 126 cm³/mol. The lowest BCUT2D eigenvalue weighted by Crippen LogP contribution is -2.52. The minimum atomic E-state index is -1.09. The summed E-state index contributed by atoms with van der Waals surface area (Å²) in [6.45, 7) is 5.81. The Bertz CT molecular complexity index is 958. The van der Waals surface area contributed by atoms with Gasteiger partial charge < -0.3 is 20.5 Å². The summed E-state index contributed by atoms with van der Waals surface area (Å²) in [5.74, 6) is -1.58. The molecule has 176 valence electrons. The number of hydrogen-bond acceptors (Lipinski definition) is 4. The van der Waals surface area contributed by atoms with Gasteiger partial charge in [0.1, 0.15) is 18.7 Å². The average molecular weight is 453 g/mol. The maximum Gasteiger partial charge on any atom is 0.407 e. The van der Waals surface area contributed by atoms with Crippen molar-refractivity contribution in [3.05, 3.63) is 59.7 Å². The van der Waals surface area contributed by atoms with Crippen LogP contribution >= 0.6 is 0 Å². The van der Waals surface area contributed by atoms with E-state index in [0.29, 0.717) is 19.3 Å². The molecule has 0 heterocycles. The van der Waals surface area contributed by atoms with Gasteiger partial charge in [0.2, 0.25) is 5.91 Å². The third-order valence-electron chi connectivity index (χ3n) is 5.85. The molecule has 0 bridgehead atoms. The number of ether oxygens (including phenoxy) is 1. The van der Waals surface area contributed by atoms with Crippen LogP contribution in [0.15, 0.2) is 48.5 Å². The van der Waals surface area contributed by atoms with Crippen LogP contribution in [0, 0.1) is 5.92 Å². The first-order valence-corrected chi connectivity index (χ1v) is 11.5. The van der Waals surface area contributed by atoms with Gasteiger partial charge in [0.15, 0.2) is 0 Å². The lowest BCUT2D eigenvalue weighted by molar-refractivity contribution is -0.142. The van der Waals surface area contributed by atoms with Gasteiger partial charge in [-0.05, 0) is 41.0 Å². The van der Waals surface area contributed by atoms with Gasteiger partial charge in [0, 0.05) is 5.92 Å². The summed E-state index contributed by atoms with van der Waals surface area (Å²) in [5, 5.41) is 14.6. The lowest BCUT2D eigenvalue weighted by Gasteiger charge is -2.22. The van der Waals surface area contributed by atoms with Crippen LogP contribution in [0.25, 0.3) is 11.1 Å². The van der Waals surface area contributed by atoms with E-state index in [4.69, 9.17) is 4.74 Å². The predicted octanol–water partition coefficient (Wildman–Crippen LogP) is 4.31. The van der Waals surface area contributed by atoms with Crippen LogP contribution in [0.3, 0.4) is 0 Å². The fraction of sp³-hybridized carbons (Fsp3) is 0.423. The molecule has 1 unspecified atom stereocenters. The molecular formula is C26H32N2O5. The molecule has 0 fully saturated rings. The normalized spacial score (nSPS) is 14.2. The van der Waals surface area contributed by atoms with Gasteiger partial charge in [-0.25, -0.2) is 9.59 Å². The van der Waals surface area contributed by atoms with E-state index in [9.17, 15) is 19.5 Å². The zero-order valence-electron chi connectivity index (χ0n) is 19.3. The summed E-state index contributed by atoms with van der Waals surface area (Å²) >= 11 is 0. The van der Waals surface area contributed by atoms with Crippen LogP contribution in [0.1, 0.15) is 57.1 Å². The molecule has 2 aromatic carbocycles. The molecule has 0 saturated carbocycles. The van der Waals surface area contributed by atoms with E-state index in [-0.39, 0.29) is 18.4 Å². The Morgan fingerprint density at radius 2 is 1.52 bits per heavy atom. The molecule has 0 saturated heterocycles. The summed E-state index contributed by atoms with van der Waals surface area (Å²) < 4.78 is 5.54. The third kappa shape index (κ3) is 5.92. The van der Waals surface area contributed by atoms with Crippen molar-refractivity contribution in [3.63, 3.8) is 0 Å². The Morgan fingerprint density at radius 3 is 2.03 bits per heavy atom. The Labute approximate surface area is 194 Å². The molecule has 3 N–H and O–H groups in total. The Balaban J connectivity index is 1.64. The minimum Gasteiger partial charge on any atom is -0.480 e. The fourth-order valence-corrected chi connectivity index (χ4v) is 4.31. The minimum absolute atomic E-state index is 0.0796. The number of carboxylic acid groups (broad SMARTS) is 1. The van der Waals surface area contributed by atoms with E-state index in [1.165, 1.54) is 0 Å². The number of benzene rings is 2. The molecule has 2 atom stereocenters. The smallest absolute Gasteiger partial charge is 0.407 e. The molecule has 1 aliphatic carbocycles. The molecule has 2 amide bonds. The first-order chi connectivity index (χ1) is 15.8. The number of carbonyl (C=O) groups is 3. The van der Waals surface area contributed by atoms with Crippen molar-refractivity contribution in [2.75, 3.05) is 6.61 Å². The van der Waals surface area contributed by atoms with E-state index < -0.39 is 30.1 Å². The van der Waals surface area contributed by atoms with Gasteiger partial charge in [0.05, 0.1) is 0 Å². The van der Waals surface area contributed by atoms with Crippen molar-refractivity contribution < 1.29 is 24.2 Å². The SMILES string of the molecule is CCC[C@@H](NC(=O)OCC1c2ccccc2-c2ccccc21)C(=O)NC(CC(C)C)C(=O)O. The fourth-order valence-electron chi connectivity index (χ4n) is 4.31. The highest BCUT2D eigenvalue weighted by molar-refractivity contribution is 5.89. The van der Waals surface area contributed by atoms with Gasteiger partial charge in [-0.2, -0.15) is 0 Å². The van der Waals surface area contributed by atoms with E-state index in [1.54, 1.807) is 0 Å². The number of rotatable bonds is 10. The summed E-state index contributed by atoms with van der Waals surface area (Å²) in [5.41, 5.74) is 4.48. The number of nitrogens with one attached hydrogen (secondary N) is 2. The topological polar surface area (TPSA) is 105 Å². The number of carbonyl (C=O) groups excluding carboxylic acids is 2. The van der Waals surface area contributed by atoms with Gasteiger partial charge in [-0.3, -0.25) is 4.79 Å². The summed E-state index contributed by atoms with van der Waals surface area (Å²) in [7, 11) is 0. The molecular weight excluding hydrogens is 420 g/mol. The maximum atomic E-state index is 12.7. The number of carboxylic acids is 1. The lowest BCUT2D eigenvalue weighted by atomic mass is 9.98. The van der Waals surface area contributed by atoms with Crippen LogP contribution in [0.4, 0.5) is 4.79 Å². The quantitative estimate of drug-likeness (QED) is 0.498. The molecule has 0 spiro atoms. The Hall–Kier alpha value is -3.35. The summed E-state index contributed by atoms with van der Waals surface area (Å²) in [6, 6.07) is 14.3. The summed E-state index contributed by atoms with van der Waals surface area (Å²) in [4.78, 5) is 36.8. The number of amides is 2. The highest BCUT2D eigenvalue weighted by Crippen LogP contribution is 2.44. The van der Waals surface area contributed by atoms with Crippen LogP contribution in [0.2, 0.25) is 0 Å². The van der Waals surface area contributed by atoms with Crippen molar-refractivity contribution in [1.29, 1.82) is 0 Å². The van der Waals surface area contributed by atoms with E-state index in [1.807, 2.05) is 57.2 Å². The second-order valence-corrected chi connectivity index (χ2v) is 8.84. The highest BCUT2D eigenvalue weighted by atomic mass is 16.5. The summed E-state index contributed by atoms with van der Waals surface area (Å²) in [6.07, 6.45) is 0.639. The van der Waals surface area contributed by atoms with Crippen LogP contribution in [0.5, 0.6) is 0 Å². The number of fused-ring (bicyclic) bond motifs is 3. The van der Waals surface area contributed by atoms with Gasteiger partial charge in [0.25, 0.3) is 0 Å². The van der Waals surface area contributed by atoms with Gasteiger partial charge in [-0.1, -0.05) is 75.7 Å². The standard InChI is InChI=1S/C26H32N2O5/c1-4-9-22(24(29)27-23(25(30)31)14-16(2)3)28-26(32)33-15-21-19-12-7-5-10-17(19)18-11-6-8-13-20(18)21/h5-8,10-13,16,21-23H,4,9,14-15H2,1-3H3,(H,27,29)(H,28,32)(H,30,31)/t22-,23?/m1/s1. The third-order valence-corrected chi connectivity index (χ3v) is 5.85. The number of hydrogen-bond donors (Lipinski definition) is 3. The monoisotopic (exact) mass is 452 g/mol. The molecule has 0 radical (unpaired) electrons. The molecule has 7 nitrogen and oxygen atoms in total. The first kappa shape index (κ1) is 24.3. The van der Waals surface area contributed by atoms with Crippen molar-refractivity contribution in [1.82, 2.24) is 10.6 Å². The zero-order valence-corrected chi connectivity index (χ0v) is 19.3. The van der Waals surface area contributed by atoms with E-state index in [0.717, 1.165) is 22.3 Å². The zero-order chi connectivity index (χ0) is 24.0. The van der Waals surface area contributed by atoms with Crippen molar-refractivity contribution in [3.8, 4) is 11.1 Å². The second-order valence-electron chi connectivity index (χ2n) is 8.84. The van der Waals surface area contributed by atoms with Crippen LogP contribution < -0.4 is 10.6 Å². The maximum absolute atomic E-state index is 12.7. The molecule has 33 heavy (non-hydrogen) atoms. The number of aliphatic carboxylic acids is 1. The van der Waals surface area contributed by atoms with E-state index >= 15 is 0 Å². The van der Waals surface area contributed by atoms with Crippen molar-refractivity contribution >= 4 is 18.0 Å². The number of alkyl carbamates (subject to hydrolysis) is 1. The molecule has 0 aromatic heterocycles. The molecule has 0 aliphatic heterocycles.